The quantitative estimate of drug-likeness (QED) is 0.649. The van der Waals surface area contributed by atoms with E-state index in [1.165, 1.54) is 10.6 Å². The summed E-state index contributed by atoms with van der Waals surface area (Å²) < 4.78 is 0. The summed E-state index contributed by atoms with van der Waals surface area (Å²) in [6, 6.07) is 0. The zero-order valence-corrected chi connectivity index (χ0v) is 12.7. The molecule has 0 N–H and O–H groups in total. The highest BCUT2D eigenvalue weighted by molar-refractivity contribution is 8.07. The fraction of sp³-hybridized carbons (Fsp3) is 0.176. The van der Waals surface area contributed by atoms with Crippen molar-refractivity contribution in [1.82, 2.24) is 4.90 Å². The molecule has 0 aromatic rings. The highest BCUT2D eigenvalue weighted by Crippen LogP contribution is 2.42. The van der Waals surface area contributed by atoms with Gasteiger partial charge in [0, 0.05) is 16.9 Å². The van der Waals surface area contributed by atoms with Crippen LogP contribution in [-0.2, 0) is 0 Å². The van der Waals surface area contributed by atoms with E-state index in [0.717, 1.165) is 10.6 Å². The summed E-state index contributed by atoms with van der Waals surface area (Å²) in [5, 5.41) is 0. The summed E-state index contributed by atoms with van der Waals surface area (Å²) in [7, 11) is 2.07. The lowest BCUT2D eigenvalue weighted by Gasteiger charge is -2.31. The molecule has 0 saturated heterocycles. The molecule has 1 rings (SSSR count). The molecule has 0 fully saturated rings. The van der Waals surface area contributed by atoms with E-state index < -0.39 is 0 Å². The van der Waals surface area contributed by atoms with Crippen molar-refractivity contribution in [1.29, 1.82) is 0 Å². The number of nitrogens with zero attached hydrogens (tertiary/aromatic N) is 1. The third-order valence-corrected chi connectivity index (χ3v) is 3.99. The first-order chi connectivity index (χ1) is 9.19. The zero-order valence-electron chi connectivity index (χ0n) is 11.9. The smallest absolute Gasteiger partial charge is 0.0549 e. The summed E-state index contributed by atoms with van der Waals surface area (Å²) in [5.74, 6) is 0. The average Bonchev–Trinajstić information content (AvgIpc) is 2.44. The lowest BCUT2D eigenvalue weighted by Crippen LogP contribution is -2.21. The molecular weight excluding hydrogens is 250 g/mol. The van der Waals surface area contributed by atoms with Gasteiger partial charge in [-0.05, 0) is 26.0 Å². The third kappa shape index (κ3) is 3.65. The second-order valence-corrected chi connectivity index (χ2v) is 5.02. The Morgan fingerprint density at radius 1 is 1.16 bits per heavy atom. The monoisotopic (exact) mass is 271 g/mol. The van der Waals surface area contributed by atoms with Crippen LogP contribution < -0.4 is 0 Å². The molecule has 19 heavy (non-hydrogen) atoms. The van der Waals surface area contributed by atoms with Crippen molar-refractivity contribution >= 4 is 11.8 Å². The van der Waals surface area contributed by atoms with Gasteiger partial charge in [0.25, 0.3) is 0 Å². The number of likely N-dealkylation sites (N-methyl/N-ethyl adjacent to an activating group) is 1. The largest absolute Gasteiger partial charge is 0.343 e. The van der Waals surface area contributed by atoms with Crippen LogP contribution in [0.2, 0.25) is 0 Å². The Balaban J connectivity index is 3.34. The molecule has 0 aromatic carbocycles. The van der Waals surface area contributed by atoms with Gasteiger partial charge in [0.2, 0.25) is 0 Å². The standard InChI is InChI=1S/C17H21NS/c1-6-10-12-14-16(8-3)19-17(9-4)15(18(14)5)13-11-7-2/h6-13H,1,3H2,2,4-5H3/b11-7-,12-10-,15-13+,17-9+. The third-order valence-electron chi connectivity index (χ3n) is 2.73. The molecule has 0 radical (unpaired) electrons. The maximum absolute atomic E-state index is 3.91. The predicted molar refractivity (Wildman–Crippen MR) is 88.6 cm³/mol. The molecule has 0 atom stereocenters. The maximum Gasteiger partial charge on any atom is 0.0549 e. The molecular formula is C17H21NS. The maximum atomic E-state index is 3.91. The van der Waals surface area contributed by atoms with E-state index in [4.69, 9.17) is 0 Å². The molecule has 0 saturated carbocycles. The van der Waals surface area contributed by atoms with Gasteiger partial charge < -0.3 is 4.90 Å². The Bertz CT molecular complexity index is 501. The lowest BCUT2D eigenvalue weighted by atomic mass is 10.2. The summed E-state index contributed by atoms with van der Waals surface area (Å²) in [6.45, 7) is 11.7. The van der Waals surface area contributed by atoms with Crippen molar-refractivity contribution in [3.63, 3.8) is 0 Å². The van der Waals surface area contributed by atoms with E-state index in [1.54, 1.807) is 17.8 Å². The predicted octanol–water partition coefficient (Wildman–Crippen LogP) is 5.17. The number of rotatable bonds is 4. The van der Waals surface area contributed by atoms with Crippen LogP contribution >= 0.6 is 11.8 Å². The van der Waals surface area contributed by atoms with E-state index in [-0.39, 0.29) is 0 Å². The highest BCUT2D eigenvalue weighted by Gasteiger charge is 2.21. The molecule has 0 aromatic heterocycles. The SMILES string of the molecule is C=C/C=C\C1=C(C=C)SC(=C/C)/C(=C\C=C/C)N1C. The van der Waals surface area contributed by atoms with Gasteiger partial charge in [-0.1, -0.05) is 61.4 Å². The van der Waals surface area contributed by atoms with E-state index in [9.17, 15) is 0 Å². The first-order valence-corrected chi connectivity index (χ1v) is 7.08. The lowest BCUT2D eigenvalue weighted by molar-refractivity contribution is 0.547. The summed E-state index contributed by atoms with van der Waals surface area (Å²) in [6.07, 6.45) is 16.1. The van der Waals surface area contributed by atoms with Crippen LogP contribution in [0.1, 0.15) is 13.8 Å². The van der Waals surface area contributed by atoms with Crippen molar-refractivity contribution in [2.75, 3.05) is 7.05 Å². The summed E-state index contributed by atoms with van der Waals surface area (Å²) in [5.41, 5.74) is 2.33. The van der Waals surface area contributed by atoms with Crippen LogP contribution in [-0.4, -0.2) is 11.9 Å². The molecule has 0 amide bonds. The molecule has 0 bridgehead atoms. The average molecular weight is 271 g/mol. The van der Waals surface area contributed by atoms with Gasteiger partial charge in [0.05, 0.1) is 11.4 Å². The Morgan fingerprint density at radius 3 is 2.42 bits per heavy atom. The Morgan fingerprint density at radius 2 is 1.89 bits per heavy atom. The normalized spacial score (nSPS) is 21.1. The van der Waals surface area contributed by atoms with E-state index in [2.05, 4.69) is 56.3 Å². The number of thioether (sulfide) groups is 1. The van der Waals surface area contributed by atoms with Gasteiger partial charge in [-0.25, -0.2) is 0 Å². The summed E-state index contributed by atoms with van der Waals surface area (Å²) in [4.78, 5) is 4.58. The molecule has 1 aliphatic heterocycles. The van der Waals surface area contributed by atoms with Gasteiger partial charge in [-0.2, -0.15) is 0 Å². The molecule has 0 aliphatic carbocycles. The molecule has 1 heterocycles. The van der Waals surface area contributed by atoms with Crippen molar-refractivity contribution in [2.24, 2.45) is 0 Å². The topological polar surface area (TPSA) is 3.24 Å². The molecule has 1 nitrogen and oxygen atoms in total. The minimum atomic E-state index is 1.14. The molecule has 0 unspecified atom stereocenters. The first-order valence-electron chi connectivity index (χ1n) is 6.26. The molecule has 0 spiro atoms. The summed E-state index contributed by atoms with van der Waals surface area (Å²) >= 11 is 1.75. The van der Waals surface area contributed by atoms with Gasteiger partial charge in [-0.3, -0.25) is 0 Å². The zero-order chi connectivity index (χ0) is 14.3. The van der Waals surface area contributed by atoms with Crippen LogP contribution in [0.5, 0.6) is 0 Å². The van der Waals surface area contributed by atoms with Crippen molar-refractivity contribution < 1.29 is 0 Å². The van der Waals surface area contributed by atoms with Crippen LogP contribution in [0.4, 0.5) is 0 Å². The fourth-order valence-corrected chi connectivity index (χ4v) is 2.83. The molecule has 1 aliphatic rings. The minimum absolute atomic E-state index is 1.14. The van der Waals surface area contributed by atoms with Crippen molar-refractivity contribution in [3.05, 3.63) is 83.0 Å². The van der Waals surface area contributed by atoms with E-state index in [1.807, 2.05) is 25.2 Å². The van der Waals surface area contributed by atoms with Crippen LogP contribution in [0.3, 0.4) is 0 Å². The van der Waals surface area contributed by atoms with Gasteiger partial charge in [0.15, 0.2) is 0 Å². The van der Waals surface area contributed by atoms with E-state index in [0.29, 0.717) is 0 Å². The number of hydrogen-bond donors (Lipinski definition) is 0. The Kier molecular flexibility index (Phi) is 6.23. The minimum Gasteiger partial charge on any atom is -0.343 e. The Labute approximate surface area is 121 Å². The van der Waals surface area contributed by atoms with Crippen LogP contribution in [0.25, 0.3) is 0 Å². The highest BCUT2D eigenvalue weighted by atomic mass is 32.2. The van der Waals surface area contributed by atoms with Gasteiger partial charge >= 0.3 is 0 Å². The second-order valence-electron chi connectivity index (χ2n) is 3.94. The van der Waals surface area contributed by atoms with Crippen LogP contribution in [0, 0.1) is 0 Å². The van der Waals surface area contributed by atoms with Gasteiger partial charge in [0.1, 0.15) is 0 Å². The number of allylic oxidation sites excluding steroid dienone is 8. The second kappa shape index (κ2) is 7.70. The Hall–Kier alpha value is -1.67. The fourth-order valence-electron chi connectivity index (χ4n) is 1.77. The molecule has 100 valence electrons. The first kappa shape index (κ1) is 15.4. The van der Waals surface area contributed by atoms with E-state index >= 15 is 0 Å². The number of hydrogen-bond acceptors (Lipinski definition) is 2. The van der Waals surface area contributed by atoms with Gasteiger partial charge in [-0.15, -0.1) is 0 Å². The van der Waals surface area contributed by atoms with Crippen molar-refractivity contribution in [3.8, 4) is 0 Å². The molecule has 2 heteroatoms. The van der Waals surface area contributed by atoms with Crippen molar-refractivity contribution in [2.45, 2.75) is 13.8 Å². The van der Waals surface area contributed by atoms with Crippen LogP contribution in [0.15, 0.2) is 83.0 Å².